The number of hydrogen-bond acceptors (Lipinski definition) is 3. The highest BCUT2D eigenvalue weighted by Crippen LogP contribution is 2.45. The number of nitrogens with zero attached hydrogens (tertiary/aromatic N) is 3. The molecular weight excluding hydrogens is 633 g/mol. The number of benzene rings is 5. The van der Waals surface area contributed by atoms with Crippen molar-refractivity contribution < 1.29 is 9.22 Å². The Labute approximate surface area is 296 Å². The summed E-state index contributed by atoms with van der Waals surface area (Å²) < 4.78 is 9.14. The van der Waals surface area contributed by atoms with Gasteiger partial charge in [0.2, 0.25) is 0 Å². The zero-order valence-corrected chi connectivity index (χ0v) is 30.9. The first kappa shape index (κ1) is 33.5. The fourth-order valence-electron chi connectivity index (χ4n) is 7.03. The van der Waals surface area contributed by atoms with Crippen molar-refractivity contribution in [3.8, 4) is 0 Å². The minimum absolute atomic E-state index is 0.0380. The van der Waals surface area contributed by atoms with Crippen LogP contribution in [0.15, 0.2) is 134 Å². The highest BCUT2D eigenvalue weighted by atomic mass is 28.4. The van der Waals surface area contributed by atoms with E-state index in [9.17, 15) is 4.79 Å². The first-order valence-electron chi connectivity index (χ1n) is 17.5. The molecule has 6 nitrogen and oxygen atoms in total. The summed E-state index contributed by atoms with van der Waals surface area (Å²) in [5.41, 5.74) is 7.44. The molecule has 50 heavy (non-hydrogen) atoms. The van der Waals surface area contributed by atoms with Gasteiger partial charge in [0.05, 0.1) is 30.9 Å². The van der Waals surface area contributed by atoms with Crippen molar-refractivity contribution in [3.63, 3.8) is 0 Å². The minimum Gasteiger partial charge on any atom is -0.413 e. The molecule has 0 bridgehead atoms. The van der Waals surface area contributed by atoms with E-state index >= 15 is 0 Å². The molecule has 1 atom stereocenters. The molecule has 5 aromatic carbocycles. The summed E-state index contributed by atoms with van der Waals surface area (Å²) in [6.45, 7) is 14.4. The topological polar surface area (TPSA) is 59.4 Å². The van der Waals surface area contributed by atoms with E-state index < -0.39 is 13.9 Å². The monoisotopic (exact) mass is 678 g/mol. The standard InChI is InChI=1S/C43H46N4O2Si/c1-31(32-19-11-7-12-20-32)46-29-37-38(30-49-50(5,6)42(2,3)4)36-28-44-47(40(36)27-39(37)45-41(46)48)43(33-21-13-8-14-22-33,34-23-15-9-16-24-34)35-25-17-10-18-26-35/h7-28,31H,29-30H2,1-6H3,(H,45,48). The van der Waals surface area contributed by atoms with Gasteiger partial charge in [0.25, 0.3) is 0 Å². The van der Waals surface area contributed by atoms with Gasteiger partial charge < -0.3 is 14.6 Å². The fraction of sp³-hybridized carbons (Fsp3) is 0.256. The summed E-state index contributed by atoms with van der Waals surface area (Å²) in [4.78, 5) is 15.8. The predicted octanol–water partition coefficient (Wildman–Crippen LogP) is 10.5. The maximum atomic E-state index is 13.9. The van der Waals surface area contributed by atoms with Gasteiger partial charge in [-0.15, -0.1) is 0 Å². The van der Waals surface area contributed by atoms with Crippen LogP contribution >= 0.6 is 0 Å². The SMILES string of the molecule is CC(c1ccccc1)N1Cc2c(cc3c(cnn3C(c3ccccc3)(c3ccccc3)c3ccccc3)c2CO[Si](C)(C)C(C)(C)C)NC1=O. The van der Waals surface area contributed by atoms with Crippen molar-refractivity contribution in [3.05, 3.63) is 167 Å². The van der Waals surface area contributed by atoms with Crippen LogP contribution in [0, 0.1) is 0 Å². The van der Waals surface area contributed by atoms with Gasteiger partial charge in [-0.05, 0) is 58.9 Å². The van der Waals surface area contributed by atoms with E-state index in [4.69, 9.17) is 9.52 Å². The van der Waals surface area contributed by atoms with Crippen LogP contribution < -0.4 is 5.32 Å². The zero-order valence-electron chi connectivity index (χ0n) is 29.9. The number of carbonyl (C=O) groups is 1. The van der Waals surface area contributed by atoms with Crippen molar-refractivity contribution in [2.45, 2.75) is 70.6 Å². The molecule has 1 aliphatic rings. The summed E-state index contributed by atoms with van der Waals surface area (Å²) in [6, 6.07) is 43.9. The van der Waals surface area contributed by atoms with E-state index in [1.165, 1.54) is 0 Å². The largest absolute Gasteiger partial charge is 0.413 e. The number of anilines is 1. The summed E-state index contributed by atoms with van der Waals surface area (Å²) >= 11 is 0. The Morgan fingerprint density at radius 1 is 0.800 bits per heavy atom. The Hall–Kier alpha value is -4.98. The smallest absolute Gasteiger partial charge is 0.322 e. The molecule has 1 N–H and O–H groups in total. The third-order valence-corrected chi connectivity index (χ3v) is 15.4. The molecule has 7 rings (SSSR count). The van der Waals surface area contributed by atoms with E-state index in [1.54, 1.807) is 0 Å². The number of rotatable bonds is 9. The molecule has 254 valence electrons. The molecular formula is C43H46N4O2Si. The molecule has 0 spiro atoms. The summed E-state index contributed by atoms with van der Waals surface area (Å²) in [5.74, 6) is 0. The molecule has 1 aliphatic heterocycles. The Bertz CT molecular complexity index is 2010. The normalized spacial score (nSPS) is 14.4. The Morgan fingerprint density at radius 3 is 1.80 bits per heavy atom. The van der Waals surface area contributed by atoms with Crippen molar-refractivity contribution in [2.75, 3.05) is 5.32 Å². The van der Waals surface area contributed by atoms with Gasteiger partial charge in [-0.25, -0.2) is 9.48 Å². The number of urea groups is 1. The van der Waals surface area contributed by atoms with E-state index in [0.717, 1.165) is 50.0 Å². The number of amides is 2. The van der Waals surface area contributed by atoms with Crippen molar-refractivity contribution >= 4 is 30.9 Å². The second kappa shape index (κ2) is 13.0. The number of hydrogen-bond donors (Lipinski definition) is 1. The molecule has 0 saturated carbocycles. The molecule has 1 aromatic heterocycles. The lowest BCUT2D eigenvalue weighted by molar-refractivity contribution is 0.185. The number of fused-ring (bicyclic) bond motifs is 2. The van der Waals surface area contributed by atoms with Crippen LogP contribution in [-0.4, -0.2) is 29.0 Å². The quantitative estimate of drug-likeness (QED) is 0.122. The number of aromatic nitrogens is 2. The Balaban J connectivity index is 1.48. The van der Waals surface area contributed by atoms with E-state index in [0.29, 0.717) is 13.2 Å². The minimum atomic E-state index is -2.14. The molecule has 6 aromatic rings. The average Bonchev–Trinajstić information content (AvgIpc) is 3.55. The Morgan fingerprint density at radius 2 is 1.30 bits per heavy atom. The van der Waals surface area contributed by atoms with Crippen LogP contribution in [-0.2, 0) is 23.1 Å². The van der Waals surface area contributed by atoms with Crippen LogP contribution in [0.4, 0.5) is 10.5 Å². The fourth-order valence-corrected chi connectivity index (χ4v) is 7.97. The predicted molar refractivity (Wildman–Crippen MR) is 206 cm³/mol. The van der Waals surface area contributed by atoms with Crippen LogP contribution in [0.25, 0.3) is 10.9 Å². The molecule has 7 heteroatoms. The lowest BCUT2D eigenvalue weighted by Crippen LogP contribution is -2.42. The lowest BCUT2D eigenvalue weighted by atomic mass is 9.77. The molecule has 1 unspecified atom stereocenters. The van der Waals surface area contributed by atoms with Crippen molar-refractivity contribution in [1.29, 1.82) is 0 Å². The summed E-state index contributed by atoms with van der Waals surface area (Å²) in [6.07, 6.45) is 2.00. The zero-order chi connectivity index (χ0) is 35.1. The maximum absolute atomic E-state index is 13.9. The third kappa shape index (κ3) is 5.74. The van der Waals surface area contributed by atoms with Gasteiger partial charge in [0.1, 0.15) is 5.54 Å². The Kier molecular flexibility index (Phi) is 8.74. The van der Waals surface area contributed by atoms with Crippen LogP contribution in [0.5, 0.6) is 0 Å². The second-order valence-corrected chi connectivity index (χ2v) is 19.7. The van der Waals surface area contributed by atoms with Crippen LogP contribution in [0.2, 0.25) is 18.1 Å². The molecule has 2 heterocycles. The summed E-state index contributed by atoms with van der Waals surface area (Å²) in [7, 11) is -2.14. The van der Waals surface area contributed by atoms with Gasteiger partial charge in [-0.2, -0.15) is 5.10 Å². The second-order valence-electron chi connectivity index (χ2n) is 14.9. The first-order chi connectivity index (χ1) is 24.0. The molecule has 2 amide bonds. The van der Waals surface area contributed by atoms with Crippen LogP contribution in [0.1, 0.15) is 67.1 Å². The van der Waals surface area contributed by atoms with Gasteiger partial charge in [0.15, 0.2) is 8.32 Å². The van der Waals surface area contributed by atoms with Gasteiger partial charge >= 0.3 is 6.03 Å². The number of nitrogens with one attached hydrogen (secondary N) is 1. The third-order valence-electron chi connectivity index (χ3n) is 11.0. The van der Waals surface area contributed by atoms with Crippen molar-refractivity contribution in [2.24, 2.45) is 0 Å². The van der Waals surface area contributed by atoms with Crippen molar-refractivity contribution in [1.82, 2.24) is 14.7 Å². The van der Waals surface area contributed by atoms with Gasteiger partial charge in [-0.1, -0.05) is 142 Å². The highest BCUT2D eigenvalue weighted by molar-refractivity contribution is 6.74. The highest BCUT2D eigenvalue weighted by Gasteiger charge is 2.42. The molecule has 0 fully saturated rings. The van der Waals surface area contributed by atoms with Gasteiger partial charge in [0, 0.05) is 16.6 Å². The first-order valence-corrected chi connectivity index (χ1v) is 20.4. The lowest BCUT2D eigenvalue weighted by Gasteiger charge is -2.39. The molecule has 0 radical (unpaired) electrons. The molecule has 0 saturated heterocycles. The molecule has 0 aliphatic carbocycles. The van der Waals surface area contributed by atoms with E-state index in [2.05, 4.69) is 160 Å². The average molecular weight is 679 g/mol. The van der Waals surface area contributed by atoms with Crippen LogP contribution in [0.3, 0.4) is 0 Å². The number of carbonyl (C=O) groups excluding carboxylic acids is 1. The van der Waals surface area contributed by atoms with E-state index in [1.807, 2.05) is 29.3 Å². The van der Waals surface area contributed by atoms with E-state index in [-0.39, 0.29) is 17.1 Å². The van der Waals surface area contributed by atoms with Gasteiger partial charge in [-0.3, -0.25) is 0 Å². The summed E-state index contributed by atoms with van der Waals surface area (Å²) in [5, 5.41) is 9.66. The maximum Gasteiger partial charge on any atom is 0.322 e.